The third-order valence-electron chi connectivity index (χ3n) is 8.23. The molecule has 1 aromatic carbocycles. The summed E-state index contributed by atoms with van der Waals surface area (Å²) in [6.45, 7) is 19.2. The fourth-order valence-corrected chi connectivity index (χ4v) is 5.62. The molecule has 1 fully saturated rings. The van der Waals surface area contributed by atoms with Gasteiger partial charge in [0.15, 0.2) is 0 Å². The number of aromatic nitrogens is 2. The van der Waals surface area contributed by atoms with Gasteiger partial charge in [-0.3, -0.25) is 9.78 Å². The van der Waals surface area contributed by atoms with Crippen LogP contribution in [0.5, 0.6) is 0 Å². The van der Waals surface area contributed by atoms with Crippen LogP contribution in [0.3, 0.4) is 0 Å². The Bertz CT molecular complexity index is 1400. The second-order valence-corrected chi connectivity index (χ2v) is 13.4. The summed E-state index contributed by atoms with van der Waals surface area (Å²) in [6, 6.07) is 8.55. The van der Waals surface area contributed by atoms with Crippen LogP contribution in [0.1, 0.15) is 79.7 Å². The Morgan fingerprint density at radius 2 is 1.82 bits per heavy atom. The van der Waals surface area contributed by atoms with Gasteiger partial charge in [0.2, 0.25) is 0 Å². The van der Waals surface area contributed by atoms with Crippen molar-refractivity contribution in [3.05, 3.63) is 46.2 Å². The van der Waals surface area contributed by atoms with Crippen molar-refractivity contribution in [1.29, 1.82) is 0 Å². The van der Waals surface area contributed by atoms with E-state index in [9.17, 15) is 4.79 Å². The number of hydrogen-bond donors (Lipinski definition) is 0. The molecule has 0 unspecified atom stereocenters. The number of aryl methyl sites for hydroxylation is 1. The summed E-state index contributed by atoms with van der Waals surface area (Å²) in [5.74, 6) is -0.275. The van der Waals surface area contributed by atoms with Gasteiger partial charge < -0.3 is 23.3 Å². The van der Waals surface area contributed by atoms with Crippen molar-refractivity contribution >= 4 is 45.4 Å². The number of pyridine rings is 1. The van der Waals surface area contributed by atoms with Crippen molar-refractivity contribution in [2.45, 2.75) is 92.6 Å². The molecule has 3 aromatic rings. The first kappa shape index (κ1) is 30.8. The fourth-order valence-electron chi connectivity index (χ4n) is 5.26. The van der Waals surface area contributed by atoms with Gasteiger partial charge in [-0.1, -0.05) is 29.8 Å². The lowest BCUT2D eigenvalue weighted by molar-refractivity contribution is -0.143. The smallest absolute Gasteiger partial charge is 0.465 e. The third-order valence-corrected chi connectivity index (χ3v) is 8.72. The number of benzene rings is 1. The summed E-state index contributed by atoms with van der Waals surface area (Å²) in [6.07, 6.45) is 2.30. The third kappa shape index (κ3) is 5.89. The van der Waals surface area contributed by atoms with Gasteiger partial charge in [-0.15, -0.1) is 0 Å². The molecule has 9 heteroatoms. The van der Waals surface area contributed by atoms with E-state index in [1.807, 2.05) is 13.1 Å². The number of esters is 1. The Morgan fingerprint density at radius 3 is 2.40 bits per heavy atom. The van der Waals surface area contributed by atoms with Gasteiger partial charge in [-0.05, 0) is 77.8 Å². The quantitative estimate of drug-likeness (QED) is 0.200. The van der Waals surface area contributed by atoms with E-state index in [-0.39, 0.29) is 17.5 Å². The molecule has 1 aliphatic heterocycles. The molecule has 3 heterocycles. The molecule has 0 spiro atoms. The molecular weight excluding hydrogens is 571 g/mol. The lowest BCUT2D eigenvalue weighted by Gasteiger charge is -2.32. The molecule has 0 radical (unpaired) electrons. The van der Waals surface area contributed by atoms with Gasteiger partial charge in [0, 0.05) is 58.6 Å². The predicted molar refractivity (Wildman–Crippen MR) is 164 cm³/mol. The zero-order valence-electron chi connectivity index (χ0n) is 25.5. The molecule has 0 saturated carbocycles. The first-order valence-electron chi connectivity index (χ1n) is 13.9. The van der Waals surface area contributed by atoms with E-state index in [4.69, 9.17) is 23.8 Å². The highest BCUT2D eigenvalue weighted by molar-refractivity contribution is 9.10. The highest BCUT2D eigenvalue weighted by atomic mass is 79.9. The van der Waals surface area contributed by atoms with E-state index < -0.39 is 18.3 Å². The maximum Gasteiger partial charge on any atom is 0.496 e. The van der Waals surface area contributed by atoms with Gasteiger partial charge in [-0.25, -0.2) is 0 Å². The minimum absolute atomic E-state index is 0.237. The Balaban J connectivity index is 1.98. The average molecular weight is 613 g/mol. The monoisotopic (exact) mass is 612 g/mol. The van der Waals surface area contributed by atoms with Crippen molar-refractivity contribution in [3.63, 3.8) is 0 Å². The van der Waals surface area contributed by atoms with Crippen molar-refractivity contribution in [2.24, 2.45) is 5.41 Å². The molecule has 1 atom stereocenters. The molecule has 216 valence electrons. The summed E-state index contributed by atoms with van der Waals surface area (Å²) in [5, 5.41) is 1.15. The molecule has 1 saturated heterocycles. The molecule has 0 amide bonds. The number of carbonyl (C=O) groups excluding carboxylic acids is 1. The molecule has 4 rings (SSSR count). The maximum absolute atomic E-state index is 11.7. The van der Waals surface area contributed by atoms with Crippen LogP contribution >= 0.6 is 15.9 Å². The number of carbonyl (C=O) groups is 1. The van der Waals surface area contributed by atoms with Gasteiger partial charge >= 0.3 is 13.1 Å². The lowest BCUT2D eigenvalue weighted by Crippen LogP contribution is -2.41. The fraction of sp³-hybridized carbons (Fsp3) is 0.548. The summed E-state index contributed by atoms with van der Waals surface area (Å²) in [4.78, 5) is 16.6. The van der Waals surface area contributed by atoms with Gasteiger partial charge in [-0.2, -0.15) is 0 Å². The van der Waals surface area contributed by atoms with Crippen molar-refractivity contribution in [3.8, 4) is 11.3 Å². The minimum Gasteiger partial charge on any atom is -0.465 e. The number of fused-ring (bicyclic) bond motifs is 1. The molecular formula is C31H42BBrN2O5. The highest BCUT2D eigenvalue weighted by Gasteiger charge is 2.52. The summed E-state index contributed by atoms with van der Waals surface area (Å²) in [7, 11) is 1.16. The Labute approximate surface area is 247 Å². The summed E-state index contributed by atoms with van der Waals surface area (Å²) in [5.41, 5.74) is 4.84. The number of hydrogen-bond acceptors (Lipinski definition) is 6. The molecule has 2 aromatic heterocycles. The maximum atomic E-state index is 11.7. The number of ether oxygens (including phenoxy) is 2. The Kier molecular flexibility index (Phi) is 8.64. The summed E-state index contributed by atoms with van der Waals surface area (Å²) < 4.78 is 27.5. The van der Waals surface area contributed by atoms with Crippen LogP contribution < -0.4 is 5.46 Å². The number of methoxy groups -OCH3 is 1. The van der Waals surface area contributed by atoms with Crippen molar-refractivity contribution in [1.82, 2.24) is 9.55 Å². The molecule has 0 N–H and O–H groups in total. The van der Waals surface area contributed by atoms with E-state index in [1.54, 1.807) is 7.11 Å². The van der Waals surface area contributed by atoms with Crippen LogP contribution in [0.2, 0.25) is 0 Å². The van der Waals surface area contributed by atoms with Crippen LogP contribution in [0.15, 0.2) is 34.9 Å². The molecule has 7 nitrogen and oxygen atoms in total. The van der Waals surface area contributed by atoms with Gasteiger partial charge in [0.05, 0.1) is 35.3 Å². The van der Waals surface area contributed by atoms with Gasteiger partial charge in [0.1, 0.15) is 0 Å². The second kappa shape index (κ2) is 11.2. The second-order valence-electron chi connectivity index (χ2n) is 12.5. The average Bonchev–Trinajstić information content (AvgIpc) is 3.29. The lowest BCUT2D eigenvalue weighted by atomic mass is 9.78. The number of halogens is 1. The topological polar surface area (TPSA) is 71.8 Å². The standard InChI is InChI=1S/C31H42BBrN2O5/c1-11-35-26-13-12-22(33)15-23(26)25(16-29(4,5)18-38-20(3)36)28(35)24-14-21(17-34-27(24)19(2)37-10)32-39-30(6,7)31(8,9)40-32/h12-15,17,19H,11,16,18H2,1-10H3/t19-/m0/s1. The van der Waals surface area contributed by atoms with E-state index >= 15 is 0 Å². The Hall–Kier alpha value is -2.20. The minimum atomic E-state index is -0.541. The normalized spacial score (nSPS) is 17.4. The Morgan fingerprint density at radius 1 is 1.18 bits per heavy atom. The molecule has 40 heavy (non-hydrogen) atoms. The first-order valence-corrected chi connectivity index (χ1v) is 14.7. The van der Waals surface area contributed by atoms with Crippen LogP contribution in [0.4, 0.5) is 0 Å². The number of rotatable bonds is 9. The van der Waals surface area contributed by atoms with Crippen molar-refractivity contribution in [2.75, 3.05) is 13.7 Å². The van der Waals surface area contributed by atoms with Crippen LogP contribution in [0.25, 0.3) is 22.2 Å². The van der Waals surface area contributed by atoms with E-state index in [0.717, 1.165) is 44.3 Å². The SMILES string of the molecule is CCn1c(-c2cc(B3OC(C)(C)C(C)(C)O3)cnc2[C@H](C)OC)c(CC(C)(C)COC(C)=O)c2cc(Br)ccc21. The highest BCUT2D eigenvalue weighted by Crippen LogP contribution is 2.42. The van der Waals surface area contributed by atoms with E-state index in [2.05, 4.69) is 93.2 Å². The van der Waals surface area contributed by atoms with Crippen LogP contribution in [0, 0.1) is 5.41 Å². The first-order chi connectivity index (χ1) is 18.6. The van der Waals surface area contributed by atoms with E-state index in [1.165, 1.54) is 12.5 Å². The van der Waals surface area contributed by atoms with Crippen LogP contribution in [-0.2, 0) is 36.5 Å². The largest absolute Gasteiger partial charge is 0.496 e. The predicted octanol–water partition coefficient (Wildman–Crippen LogP) is 6.62. The zero-order chi connectivity index (χ0) is 29.6. The molecule has 0 bridgehead atoms. The molecule has 1 aliphatic rings. The van der Waals surface area contributed by atoms with Crippen LogP contribution in [-0.4, -0.2) is 47.6 Å². The summed E-state index contributed by atoms with van der Waals surface area (Å²) >= 11 is 3.69. The zero-order valence-corrected chi connectivity index (χ0v) is 27.1. The van der Waals surface area contributed by atoms with E-state index in [0.29, 0.717) is 13.0 Å². The van der Waals surface area contributed by atoms with Gasteiger partial charge in [0.25, 0.3) is 0 Å². The number of nitrogens with zero attached hydrogens (tertiary/aromatic N) is 2. The van der Waals surface area contributed by atoms with Crippen molar-refractivity contribution < 1.29 is 23.6 Å². The molecule has 0 aliphatic carbocycles.